The maximum absolute atomic E-state index is 12.3. The maximum Gasteiger partial charge on any atom is 0.317 e. The fourth-order valence-electron chi connectivity index (χ4n) is 3.43. The third-order valence-corrected chi connectivity index (χ3v) is 5.73. The number of urea groups is 1. The van der Waals surface area contributed by atoms with Crippen LogP contribution < -0.4 is 5.32 Å². The minimum Gasteiger partial charge on any atom is -0.381 e. The zero-order valence-corrected chi connectivity index (χ0v) is 14.0. The quantitative estimate of drug-likeness (QED) is 0.813. The highest BCUT2D eigenvalue weighted by atomic mass is 32.2. The maximum atomic E-state index is 12.3. The Morgan fingerprint density at radius 1 is 1.14 bits per heavy atom. The fraction of sp³-hybridized carbons (Fsp3) is 0.933. The van der Waals surface area contributed by atoms with E-state index in [9.17, 15) is 4.79 Å². The van der Waals surface area contributed by atoms with Gasteiger partial charge >= 0.3 is 6.03 Å². The van der Waals surface area contributed by atoms with Crippen LogP contribution in [0.4, 0.5) is 4.79 Å². The van der Waals surface area contributed by atoms with Crippen molar-refractivity contribution in [2.24, 2.45) is 5.92 Å². The van der Waals surface area contributed by atoms with Crippen LogP contribution in [0.5, 0.6) is 0 Å². The first-order valence-corrected chi connectivity index (χ1v) is 9.50. The summed E-state index contributed by atoms with van der Waals surface area (Å²) in [6.45, 7) is 7.62. The molecular weight excluding hydrogens is 302 g/mol. The van der Waals surface area contributed by atoms with E-state index in [4.69, 9.17) is 9.47 Å². The normalized spacial score (nSPS) is 28.5. The molecule has 3 aliphatic rings. The summed E-state index contributed by atoms with van der Waals surface area (Å²) in [5.74, 6) is 2.63. The van der Waals surface area contributed by atoms with Crippen molar-refractivity contribution in [1.82, 2.24) is 15.1 Å². The average molecular weight is 329 g/mol. The van der Waals surface area contributed by atoms with Gasteiger partial charge in [-0.3, -0.25) is 4.90 Å². The third-order valence-electron chi connectivity index (χ3n) is 4.78. The summed E-state index contributed by atoms with van der Waals surface area (Å²) >= 11 is 1.92. The molecule has 2 amide bonds. The molecule has 3 fully saturated rings. The molecule has 0 aliphatic carbocycles. The van der Waals surface area contributed by atoms with E-state index in [0.717, 1.165) is 77.1 Å². The first kappa shape index (κ1) is 16.4. The van der Waals surface area contributed by atoms with Crippen molar-refractivity contribution < 1.29 is 14.3 Å². The minimum atomic E-state index is 0.0949. The van der Waals surface area contributed by atoms with Crippen molar-refractivity contribution in [1.29, 1.82) is 0 Å². The molecule has 0 aromatic carbocycles. The number of rotatable bonds is 4. The van der Waals surface area contributed by atoms with Crippen LogP contribution in [0.15, 0.2) is 0 Å². The summed E-state index contributed by atoms with van der Waals surface area (Å²) in [5, 5.41) is 3.17. The summed E-state index contributed by atoms with van der Waals surface area (Å²) in [7, 11) is 0. The number of carbonyl (C=O) groups excluding carboxylic acids is 1. The standard InChI is InChI=1S/C15H27N3O3S/c19-15(18-4-9-22-10-5-18)16-11-14(13-1-6-21-12-13)17-2-7-20-8-3-17/h13-14H,1-12H2,(H,16,19). The number of morpholine rings is 1. The van der Waals surface area contributed by atoms with Crippen LogP contribution in [0.25, 0.3) is 0 Å². The van der Waals surface area contributed by atoms with E-state index in [1.807, 2.05) is 16.7 Å². The molecule has 0 radical (unpaired) electrons. The third kappa shape index (κ3) is 4.28. The van der Waals surface area contributed by atoms with Crippen LogP contribution in [0.2, 0.25) is 0 Å². The van der Waals surface area contributed by atoms with Gasteiger partial charge in [0.2, 0.25) is 0 Å². The SMILES string of the molecule is O=C(NCC(C1CCOC1)N1CCOCC1)N1CCSCC1. The van der Waals surface area contributed by atoms with Gasteiger partial charge in [0.1, 0.15) is 0 Å². The van der Waals surface area contributed by atoms with E-state index >= 15 is 0 Å². The van der Waals surface area contributed by atoms with Gasteiger partial charge in [-0.15, -0.1) is 0 Å². The lowest BCUT2D eigenvalue weighted by Gasteiger charge is -2.38. The molecule has 126 valence electrons. The van der Waals surface area contributed by atoms with E-state index in [0.29, 0.717) is 12.0 Å². The number of amides is 2. The highest BCUT2D eigenvalue weighted by Gasteiger charge is 2.32. The first-order valence-electron chi connectivity index (χ1n) is 8.34. The fourth-order valence-corrected chi connectivity index (χ4v) is 4.33. The van der Waals surface area contributed by atoms with Crippen molar-refractivity contribution in [3.05, 3.63) is 0 Å². The molecule has 22 heavy (non-hydrogen) atoms. The number of hydrogen-bond acceptors (Lipinski definition) is 5. The Morgan fingerprint density at radius 3 is 2.59 bits per heavy atom. The predicted molar refractivity (Wildman–Crippen MR) is 87.4 cm³/mol. The van der Waals surface area contributed by atoms with Crippen LogP contribution in [-0.4, -0.2) is 92.5 Å². The first-order chi connectivity index (χ1) is 10.8. The van der Waals surface area contributed by atoms with Crippen LogP contribution in [0, 0.1) is 5.92 Å². The second-order valence-corrected chi connectivity index (χ2v) is 7.35. The van der Waals surface area contributed by atoms with Gasteiger partial charge in [-0.1, -0.05) is 0 Å². The zero-order chi connectivity index (χ0) is 15.2. The molecule has 3 rings (SSSR count). The lowest BCUT2D eigenvalue weighted by Crippen LogP contribution is -2.54. The molecule has 3 heterocycles. The summed E-state index contributed by atoms with van der Waals surface area (Å²) in [5.41, 5.74) is 0. The number of ether oxygens (including phenoxy) is 2. The number of carbonyl (C=O) groups is 1. The van der Waals surface area contributed by atoms with Gasteiger partial charge in [0.05, 0.1) is 19.8 Å². The second kappa shape index (κ2) is 8.38. The van der Waals surface area contributed by atoms with E-state index in [2.05, 4.69) is 10.2 Å². The summed E-state index contributed by atoms with van der Waals surface area (Å²) < 4.78 is 11.0. The van der Waals surface area contributed by atoms with Gasteiger partial charge in [0, 0.05) is 62.8 Å². The second-order valence-electron chi connectivity index (χ2n) is 6.12. The van der Waals surface area contributed by atoms with Gasteiger partial charge < -0.3 is 19.7 Å². The minimum absolute atomic E-state index is 0.0949. The number of hydrogen-bond donors (Lipinski definition) is 1. The predicted octanol–water partition coefficient (Wildman–Crippen LogP) is 0.482. The van der Waals surface area contributed by atoms with Crippen LogP contribution >= 0.6 is 11.8 Å². The molecule has 7 heteroatoms. The van der Waals surface area contributed by atoms with E-state index in [-0.39, 0.29) is 6.03 Å². The summed E-state index contributed by atoms with van der Waals surface area (Å²) in [6, 6.07) is 0.465. The molecule has 1 N–H and O–H groups in total. The van der Waals surface area contributed by atoms with Crippen molar-refractivity contribution in [2.45, 2.75) is 12.5 Å². The number of nitrogens with one attached hydrogen (secondary N) is 1. The highest BCUT2D eigenvalue weighted by Crippen LogP contribution is 2.22. The molecule has 0 spiro atoms. The summed E-state index contributed by atoms with van der Waals surface area (Å²) in [4.78, 5) is 16.7. The lowest BCUT2D eigenvalue weighted by atomic mass is 9.97. The van der Waals surface area contributed by atoms with Crippen molar-refractivity contribution in [2.75, 3.05) is 70.7 Å². The van der Waals surface area contributed by atoms with Crippen LogP contribution in [0.3, 0.4) is 0 Å². The number of nitrogens with zero attached hydrogens (tertiary/aromatic N) is 2. The molecule has 6 nitrogen and oxygen atoms in total. The molecule has 2 atom stereocenters. The Labute approximate surface area is 136 Å². The molecule has 2 unspecified atom stereocenters. The highest BCUT2D eigenvalue weighted by molar-refractivity contribution is 7.99. The van der Waals surface area contributed by atoms with Gasteiger partial charge in [-0.2, -0.15) is 11.8 Å². The van der Waals surface area contributed by atoms with Gasteiger partial charge in [-0.25, -0.2) is 4.79 Å². The van der Waals surface area contributed by atoms with Crippen molar-refractivity contribution >= 4 is 17.8 Å². The Hall–Kier alpha value is -0.500. The molecule has 0 aromatic heterocycles. The van der Waals surface area contributed by atoms with Gasteiger partial charge in [0.25, 0.3) is 0 Å². The monoisotopic (exact) mass is 329 g/mol. The van der Waals surface area contributed by atoms with Crippen molar-refractivity contribution in [3.8, 4) is 0 Å². The molecule has 3 saturated heterocycles. The smallest absolute Gasteiger partial charge is 0.317 e. The Morgan fingerprint density at radius 2 is 1.91 bits per heavy atom. The zero-order valence-electron chi connectivity index (χ0n) is 13.2. The molecule has 0 bridgehead atoms. The van der Waals surface area contributed by atoms with E-state index < -0.39 is 0 Å². The topological polar surface area (TPSA) is 54.0 Å². The molecular formula is C15H27N3O3S. The largest absolute Gasteiger partial charge is 0.381 e. The van der Waals surface area contributed by atoms with Crippen LogP contribution in [0.1, 0.15) is 6.42 Å². The van der Waals surface area contributed by atoms with Crippen molar-refractivity contribution in [3.63, 3.8) is 0 Å². The molecule has 3 aliphatic heterocycles. The van der Waals surface area contributed by atoms with Crippen LogP contribution in [-0.2, 0) is 9.47 Å². The van der Waals surface area contributed by atoms with Gasteiger partial charge in [0.15, 0.2) is 0 Å². The van der Waals surface area contributed by atoms with E-state index in [1.165, 1.54) is 0 Å². The van der Waals surface area contributed by atoms with E-state index in [1.54, 1.807) is 0 Å². The Kier molecular flexibility index (Phi) is 6.23. The average Bonchev–Trinajstić information content (AvgIpc) is 3.11. The molecule has 0 aromatic rings. The summed E-state index contributed by atoms with van der Waals surface area (Å²) in [6.07, 6.45) is 1.10. The number of thioether (sulfide) groups is 1. The lowest BCUT2D eigenvalue weighted by molar-refractivity contribution is 0.00188. The Balaban J connectivity index is 1.53. The van der Waals surface area contributed by atoms with Gasteiger partial charge in [-0.05, 0) is 6.42 Å². The Bertz CT molecular complexity index is 354. The molecule has 0 saturated carbocycles.